The molecule has 1 atom stereocenters. The fraction of sp³-hybridized carbons (Fsp3) is 0.600. The zero-order chi connectivity index (χ0) is 13.9. The molecule has 0 saturated heterocycles. The highest BCUT2D eigenvalue weighted by atomic mass is 19.2. The molecule has 1 aliphatic carbocycles. The summed E-state index contributed by atoms with van der Waals surface area (Å²) in [4.78, 5) is 0. The van der Waals surface area contributed by atoms with E-state index in [9.17, 15) is 8.78 Å². The van der Waals surface area contributed by atoms with Crippen LogP contribution in [-0.2, 0) is 11.2 Å². The first-order valence-corrected chi connectivity index (χ1v) is 6.75. The Balaban J connectivity index is 2.00. The van der Waals surface area contributed by atoms with Crippen LogP contribution in [-0.4, -0.2) is 25.8 Å². The Bertz CT molecular complexity index is 427. The van der Waals surface area contributed by atoms with E-state index in [-0.39, 0.29) is 11.6 Å². The minimum absolute atomic E-state index is 0.0216. The first-order chi connectivity index (χ1) is 9.08. The van der Waals surface area contributed by atoms with E-state index in [1.807, 2.05) is 7.05 Å². The van der Waals surface area contributed by atoms with Crippen molar-refractivity contribution in [3.63, 3.8) is 0 Å². The number of nitrogens with one attached hydrogen (secondary N) is 1. The van der Waals surface area contributed by atoms with E-state index >= 15 is 0 Å². The van der Waals surface area contributed by atoms with Gasteiger partial charge in [-0.05, 0) is 56.8 Å². The Labute approximate surface area is 113 Å². The highest BCUT2D eigenvalue weighted by molar-refractivity contribution is 5.19. The molecule has 1 aromatic rings. The fourth-order valence-electron chi connectivity index (χ4n) is 2.74. The van der Waals surface area contributed by atoms with Gasteiger partial charge in [-0.2, -0.15) is 0 Å². The number of halogens is 2. The molecule has 0 spiro atoms. The molecule has 4 heteroatoms. The minimum atomic E-state index is -0.794. The third kappa shape index (κ3) is 3.31. The number of rotatable bonds is 6. The molecule has 0 aliphatic heterocycles. The van der Waals surface area contributed by atoms with Crippen LogP contribution < -0.4 is 5.32 Å². The maximum atomic E-state index is 13.2. The lowest BCUT2D eigenvalue weighted by molar-refractivity contribution is -0.0830. The molecule has 1 N–H and O–H groups in total. The van der Waals surface area contributed by atoms with Gasteiger partial charge in [0.15, 0.2) is 11.6 Å². The Hall–Kier alpha value is -1.00. The Kier molecular flexibility index (Phi) is 4.53. The van der Waals surface area contributed by atoms with Crippen LogP contribution >= 0.6 is 0 Å². The summed E-state index contributed by atoms with van der Waals surface area (Å²) < 4.78 is 31.7. The number of hydrogen-bond donors (Lipinski definition) is 1. The molecule has 0 heterocycles. The second kappa shape index (κ2) is 5.97. The summed E-state index contributed by atoms with van der Waals surface area (Å²) in [5.74, 6) is -1.57. The van der Waals surface area contributed by atoms with Gasteiger partial charge in [0, 0.05) is 13.2 Å². The third-order valence-electron chi connectivity index (χ3n) is 4.19. The summed E-state index contributed by atoms with van der Waals surface area (Å²) in [6, 6.07) is 4.32. The summed E-state index contributed by atoms with van der Waals surface area (Å²) in [6.07, 6.45) is 4.95. The second-order valence-electron chi connectivity index (χ2n) is 5.38. The summed E-state index contributed by atoms with van der Waals surface area (Å²) in [7, 11) is 3.65. The largest absolute Gasteiger partial charge is 0.378 e. The number of hydrogen-bond acceptors (Lipinski definition) is 2. The molecule has 1 unspecified atom stereocenters. The van der Waals surface area contributed by atoms with E-state index in [0.29, 0.717) is 6.42 Å². The summed E-state index contributed by atoms with van der Waals surface area (Å²) in [5.41, 5.74) is 0.788. The quantitative estimate of drug-likeness (QED) is 0.857. The van der Waals surface area contributed by atoms with Crippen LogP contribution in [0.2, 0.25) is 0 Å². The van der Waals surface area contributed by atoms with Crippen LogP contribution in [0.3, 0.4) is 0 Å². The van der Waals surface area contributed by atoms with Gasteiger partial charge in [0.05, 0.1) is 5.60 Å². The highest BCUT2D eigenvalue weighted by Gasteiger charge is 2.38. The zero-order valence-corrected chi connectivity index (χ0v) is 11.5. The lowest BCUT2D eigenvalue weighted by atomic mass is 9.75. The van der Waals surface area contributed by atoms with Crippen molar-refractivity contribution in [3.05, 3.63) is 35.4 Å². The molecule has 1 fully saturated rings. The van der Waals surface area contributed by atoms with Gasteiger partial charge in [-0.25, -0.2) is 8.78 Å². The SMILES string of the molecule is CNC(Cc1ccc(F)c(F)c1)CC1(OC)CCC1. The first-order valence-electron chi connectivity index (χ1n) is 6.75. The summed E-state index contributed by atoms with van der Waals surface area (Å²) in [5, 5.41) is 3.25. The topological polar surface area (TPSA) is 21.3 Å². The van der Waals surface area contributed by atoms with Crippen LogP contribution in [0.1, 0.15) is 31.2 Å². The van der Waals surface area contributed by atoms with Crippen LogP contribution in [0.5, 0.6) is 0 Å². The molecule has 2 rings (SSSR count). The van der Waals surface area contributed by atoms with Crippen LogP contribution in [0, 0.1) is 11.6 Å². The van der Waals surface area contributed by atoms with Crippen molar-refractivity contribution in [2.75, 3.05) is 14.2 Å². The molecule has 0 bridgehead atoms. The molecule has 19 heavy (non-hydrogen) atoms. The molecule has 0 radical (unpaired) electrons. The van der Waals surface area contributed by atoms with Gasteiger partial charge in [0.2, 0.25) is 0 Å². The van der Waals surface area contributed by atoms with Crippen molar-refractivity contribution in [2.45, 2.75) is 43.7 Å². The van der Waals surface area contributed by atoms with Gasteiger partial charge < -0.3 is 10.1 Å². The second-order valence-corrected chi connectivity index (χ2v) is 5.38. The summed E-state index contributed by atoms with van der Waals surface area (Å²) >= 11 is 0. The Morgan fingerprint density at radius 2 is 2.05 bits per heavy atom. The van der Waals surface area contributed by atoms with E-state index in [1.165, 1.54) is 18.6 Å². The average molecular weight is 269 g/mol. The summed E-state index contributed by atoms with van der Waals surface area (Å²) in [6.45, 7) is 0. The van der Waals surface area contributed by atoms with Crippen molar-refractivity contribution in [2.24, 2.45) is 0 Å². The predicted octanol–water partition coefficient (Wildman–Crippen LogP) is 3.05. The normalized spacial score (nSPS) is 18.9. The molecular weight excluding hydrogens is 248 g/mol. The number of methoxy groups -OCH3 is 1. The average Bonchev–Trinajstić information content (AvgIpc) is 2.36. The molecule has 1 saturated carbocycles. The maximum absolute atomic E-state index is 13.2. The standard InChI is InChI=1S/C15H21F2NO/c1-18-12(10-15(19-2)6-3-7-15)8-11-4-5-13(16)14(17)9-11/h4-5,9,12,18H,3,6-8,10H2,1-2H3. The highest BCUT2D eigenvalue weighted by Crippen LogP contribution is 2.39. The van der Waals surface area contributed by atoms with Gasteiger partial charge in [0.1, 0.15) is 0 Å². The third-order valence-corrected chi connectivity index (χ3v) is 4.19. The van der Waals surface area contributed by atoms with Gasteiger partial charge >= 0.3 is 0 Å². The Morgan fingerprint density at radius 1 is 1.32 bits per heavy atom. The van der Waals surface area contributed by atoms with E-state index in [2.05, 4.69) is 5.32 Å². The number of likely N-dealkylation sites (N-methyl/N-ethyl adjacent to an activating group) is 1. The van der Waals surface area contributed by atoms with E-state index in [4.69, 9.17) is 4.74 Å². The molecule has 2 nitrogen and oxygen atoms in total. The smallest absolute Gasteiger partial charge is 0.159 e. The minimum Gasteiger partial charge on any atom is -0.378 e. The maximum Gasteiger partial charge on any atom is 0.159 e. The number of ether oxygens (including phenoxy) is 1. The lowest BCUT2D eigenvalue weighted by Gasteiger charge is -2.42. The molecule has 1 aliphatic rings. The van der Waals surface area contributed by atoms with Crippen molar-refractivity contribution in [1.29, 1.82) is 0 Å². The number of benzene rings is 1. The van der Waals surface area contributed by atoms with Gasteiger partial charge in [0.25, 0.3) is 0 Å². The molecule has 0 aromatic heterocycles. The lowest BCUT2D eigenvalue weighted by Crippen LogP contribution is -2.45. The molecule has 0 amide bonds. The van der Waals surface area contributed by atoms with Crippen molar-refractivity contribution < 1.29 is 13.5 Å². The fourth-order valence-corrected chi connectivity index (χ4v) is 2.74. The van der Waals surface area contributed by atoms with Crippen molar-refractivity contribution >= 4 is 0 Å². The van der Waals surface area contributed by atoms with E-state index < -0.39 is 11.6 Å². The molecule has 106 valence electrons. The van der Waals surface area contributed by atoms with Crippen molar-refractivity contribution in [1.82, 2.24) is 5.32 Å². The predicted molar refractivity (Wildman–Crippen MR) is 71.1 cm³/mol. The van der Waals surface area contributed by atoms with Gasteiger partial charge in [-0.1, -0.05) is 6.07 Å². The Morgan fingerprint density at radius 3 is 2.53 bits per heavy atom. The van der Waals surface area contributed by atoms with Gasteiger partial charge in [-0.3, -0.25) is 0 Å². The van der Waals surface area contributed by atoms with Crippen LogP contribution in [0.25, 0.3) is 0 Å². The van der Waals surface area contributed by atoms with Crippen LogP contribution in [0.15, 0.2) is 18.2 Å². The van der Waals surface area contributed by atoms with Gasteiger partial charge in [-0.15, -0.1) is 0 Å². The first kappa shape index (κ1) is 14.4. The van der Waals surface area contributed by atoms with Crippen molar-refractivity contribution in [3.8, 4) is 0 Å². The monoisotopic (exact) mass is 269 g/mol. The van der Waals surface area contributed by atoms with E-state index in [1.54, 1.807) is 13.2 Å². The van der Waals surface area contributed by atoms with E-state index in [0.717, 1.165) is 24.8 Å². The zero-order valence-electron chi connectivity index (χ0n) is 11.5. The molecular formula is C15H21F2NO. The molecule has 1 aromatic carbocycles. The van der Waals surface area contributed by atoms with Crippen LogP contribution in [0.4, 0.5) is 8.78 Å².